The lowest BCUT2D eigenvalue weighted by Crippen LogP contribution is -2.45. The number of aromatic nitrogens is 3. The molecule has 0 spiro atoms. The predicted octanol–water partition coefficient (Wildman–Crippen LogP) is 3.15. The maximum Gasteiger partial charge on any atom is 0.275 e. The van der Waals surface area contributed by atoms with Crippen molar-refractivity contribution in [2.45, 2.75) is 64.6 Å². The predicted molar refractivity (Wildman–Crippen MR) is 130 cm³/mol. The lowest BCUT2D eigenvalue weighted by molar-refractivity contribution is -0.121. The quantitative estimate of drug-likeness (QED) is 0.537. The van der Waals surface area contributed by atoms with Crippen molar-refractivity contribution in [1.82, 2.24) is 25.0 Å². The fraction of sp³-hybridized carbons (Fsp3) is 0.462. The lowest BCUT2D eigenvalue weighted by Gasteiger charge is -2.39. The molecule has 0 radical (unpaired) electrons. The van der Waals surface area contributed by atoms with Crippen molar-refractivity contribution >= 4 is 16.7 Å². The van der Waals surface area contributed by atoms with Crippen molar-refractivity contribution in [3.05, 3.63) is 70.4 Å². The number of likely N-dealkylation sites (tertiary alicyclic amines) is 1. The average Bonchev–Trinajstić information content (AvgIpc) is 2.82. The Bertz CT molecular complexity index is 1130. The number of hydrogen-bond donors (Lipinski definition) is 1. The first-order valence-corrected chi connectivity index (χ1v) is 11.9. The molecule has 0 bridgehead atoms. The minimum atomic E-state index is -0.241. The number of piperidine rings is 1. The van der Waals surface area contributed by atoms with Gasteiger partial charge in [0, 0.05) is 49.4 Å². The van der Waals surface area contributed by atoms with Crippen LogP contribution in [0.3, 0.4) is 0 Å². The summed E-state index contributed by atoms with van der Waals surface area (Å²) in [5.74, 6) is -0.186. The van der Waals surface area contributed by atoms with E-state index in [0.717, 1.165) is 29.6 Å². The van der Waals surface area contributed by atoms with Crippen LogP contribution in [0, 0.1) is 0 Å². The van der Waals surface area contributed by atoms with Gasteiger partial charge in [-0.2, -0.15) is 5.10 Å². The van der Waals surface area contributed by atoms with Crippen LogP contribution in [0.15, 0.2) is 53.6 Å². The van der Waals surface area contributed by atoms with Crippen LogP contribution in [0.2, 0.25) is 0 Å². The maximum absolute atomic E-state index is 13.0. The number of nitrogens with zero attached hydrogens (tertiary/aromatic N) is 4. The molecule has 2 atom stereocenters. The fourth-order valence-corrected chi connectivity index (χ4v) is 4.83. The molecule has 4 rings (SSSR count). The summed E-state index contributed by atoms with van der Waals surface area (Å²) >= 11 is 0. The molecule has 1 fully saturated rings. The van der Waals surface area contributed by atoms with Gasteiger partial charge in [-0.05, 0) is 56.9 Å². The minimum absolute atomic E-state index is 0.0798. The van der Waals surface area contributed by atoms with Gasteiger partial charge >= 0.3 is 0 Å². The first kappa shape index (κ1) is 23.1. The highest BCUT2D eigenvalue weighted by molar-refractivity contribution is 5.84. The van der Waals surface area contributed by atoms with Gasteiger partial charge in [0.2, 0.25) is 5.91 Å². The van der Waals surface area contributed by atoms with Crippen LogP contribution in [0.25, 0.3) is 10.8 Å². The third kappa shape index (κ3) is 5.66. The second-order valence-electron chi connectivity index (χ2n) is 9.06. The summed E-state index contributed by atoms with van der Waals surface area (Å²) in [6, 6.07) is 12.5. The van der Waals surface area contributed by atoms with E-state index in [1.807, 2.05) is 30.3 Å². The maximum atomic E-state index is 13.0. The van der Waals surface area contributed by atoms with Crippen molar-refractivity contribution in [2.24, 2.45) is 0 Å². The summed E-state index contributed by atoms with van der Waals surface area (Å²) in [5.41, 5.74) is 1.59. The molecule has 0 aliphatic carbocycles. The Balaban J connectivity index is 1.42. The largest absolute Gasteiger partial charge is 0.354 e. The van der Waals surface area contributed by atoms with E-state index in [2.05, 4.69) is 34.1 Å². The van der Waals surface area contributed by atoms with Gasteiger partial charge in [-0.25, -0.2) is 4.68 Å². The SMILES string of the molecule is CC1CCCC(C)N1CCCNC(=O)Cn1nc(Cc2ccncc2)c2ccccc2c1=O. The number of nitrogens with one attached hydrogen (secondary N) is 1. The van der Waals surface area contributed by atoms with Crippen LogP contribution in [0.5, 0.6) is 0 Å². The molecule has 1 N–H and O–H groups in total. The summed E-state index contributed by atoms with van der Waals surface area (Å²) < 4.78 is 1.29. The zero-order valence-electron chi connectivity index (χ0n) is 19.5. The normalized spacial score (nSPS) is 19.0. The molecular weight excluding hydrogens is 414 g/mol. The van der Waals surface area contributed by atoms with Crippen LogP contribution >= 0.6 is 0 Å². The standard InChI is InChI=1S/C26H33N5O2/c1-19-7-5-8-20(2)30(19)16-6-13-28-25(32)18-31-26(33)23-10-4-3-9-22(23)24(29-31)17-21-11-14-27-15-12-21/h3-4,9-12,14-15,19-20H,5-8,13,16-18H2,1-2H3,(H,28,32). The van der Waals surface area contributed by atoms with Gasteiger partial charge in [-0.3, -0.25) is 19.5 Å². The van der Waals surface area contributed by atoms with Crippen LogP contribution in [0.1, 0.15) is 50.8 Å². The molecule has 1 aliphatic rings. The summed E-state index contributed by atoms with van der Waals surface area (Å²) in [6.45, 7) is 6.07. The molecule has 1 aromatic carbocycles. The second kappa shape index (κ2) is 10.7. The Morgan fingerprint density at radius 2 is 1.76 bits per heavy atom. The Kier molecular flexibility index (Phi) is 7.50. The van der Waals surface area contributed by atoms with Gasteiger partial charge in [0.1, 0.15) is 6.54 Å². The van der Waals surface area contributed by atoms with Gasteiger partial charge in [0.15, 0.2) is 0 Å². The third-order valence-corrected chi connectivity index (χ3v) is 6.65. The Morgan fingerprint density at radius 1 is 1.06 bits per heavy atom. The van der Waals surface area contributed by atoms with Crippen LogP contribution < -0.4 is 10.9 Å². The Morgan fingerprint density at radius 3 is 2.48 bits per heavy atom. The molecule has 0 saturated carbocycles. The molecule has 1 amide bonds. The highest BCUT2D eigenvalue weighted by atomic mass is 16.2. The topological polar surface area (TPSA) is 80.1 Å². The van der Waals surface area contributed by atoms with Gasteiger partial charge in [0.25, 0.3) is 5.56 Å². The summed E-state index contributed by atoms with van der Waals surface area (Å²) in [6.07, 6.45) is 8.74. The second-order valence-corrected chi connectivity index (χ2v) is 9.06. The first-order valence-electron chi connectivity index (χ1n) is 11.9. The molecule has 7 nitrogen and oxygen atoms in total. The molecule has 174 valence electrons. The Hall–Kier alpha value is -3.06. The third-order valence-electron chi connectivity index (χ3n) is 6.65. The molecule has 3 aromatic rings. The molecular formula is C26H33N5O2. The average molecular weight is 448 g/mol. The van der Waals surface area contributed by atoms with Gasteiger partial charge in [-0.15, -0.1) is 0 Å². The van der Waals surface area contributed by atoms with Gasteiger partial charge in [-0.1, -0.05) is 24.6 Å². The van der Waals surface area contributed by atoms with Crippen molar-refractivity contribution in [3.63, 3.8) is 0 Å². The number of rotatable bonds is 8. The van der Waals surface area contributed by atoms with E-state index >= 15 is 0 Å². The van der Waals surface area contributed by atoms with Crippen LogP contribution in [0.4, 0.5) is 0 Å². The lowest BCUT2D eigenvalue weighted by atomic mass is 9.97. The van der Waals surface area contributed by atoms with E-state index in [1.54, 1.807) is 18.5 Å². The van der Waals surface area contributed by atoms with Crippen molar-refractivity contribution in [1.29, 1.82) is 0 Å². The van der Waals surface area contributed by atoms with E-state index in [-0.39, 0.29) is 18.0 Å². The summed E-state index contributed by atoms with van der Waals surface area (Å²) in [4.78, 5) is 32.2. The molecule has 2 unspecified atom stereocenters. The van der Waals surface area contributed by atoms with Crippen molar-refractivity contribution < 1.29 is 4.79 Å². The number of benzene rings is 1. The molecule has 2 aromatic heterocycles. The number of pyridine rings is 1. The zero-order valence-corrected chi connectivity index (χ0v) is 19.5. The highest BCUT2D eigenvalue weighted by Gasteiger charge is 2.23. The van der Waals surface area contributed by atoms with E-state index < -0.39 is 0 Å². The Labute approximate surface area is 194 Å². The highest BCUT2D eigenvalue weighted by Crippen LogP contribution is 2.22. The number of hydrogen-bond acceptors (Lipinski definition) is 5. The fourth-order valence-electron chi connectivity index (χ4n) is 4.83. The van der Waals surface area contributed by atoms with Gasteiger partial charge < -0.3 is 5.32 Å². The molecule has 3 heterocycles. The minimum Gasteiger partial charge on any atom is -0.354 e. The number of amides is 1. The van der Waals surface area contributed by atoms with E-state index in [0.29, 0.717) is 30.4 Å². The van der Waals surface area contributed by atoms with Crippen molar-refractivity contribution in [3.8, 4) is 0 Å². The van der Waals surface area contributed by atoms with Crippen molar-refractivity contribution in [2.75, 3.05) is 13.1 Å². The van der Waals surface area contributed by atoms with Crippen LogP contribution in [-0.4, -0.2) is 50.7 Å². The number of carbonyl (C=O) groups is 1. The molecule has 7 heteroatoms. The first-order chi connectivity index (χ1) is 16.0. The van der Waals surface area contributed by atoms with E-state index in [9.17, 15) is 9.59 Å². The number of fused-ring (bicyclic) bond motifs is 1. The smallest absolute Gasteiger partial charge is 0.275 e. The summed E-state index contributed by atoms with van der Waals surface area (Å²) in [5, 5.41) is 8.94. The molecule has 1 aliphatic heterocycles. The number of carbonyl (C=O) groups excluding carboxylic acids is 1. The van der Waals surface area contributed by atoms with E-state index in [1.165, 1.54) is 23.9 Å². The molecule has 33 heavy (non-hydrogen) atoms. The van der Waals surface area contributed by atoms with Gasteiger partial charge in [0.05, 0.1) is 11.1 Å². The van der Waals surface area contributed by atoms with E-state index in [4.69, 9.17) is 0 Å². The monoisotopic (exact) mass is 447 g/mol. The van der Waals surface area contributed by atoms with Crippen LogP contribution in [-0.2, 0) is 17.8 Å². The molecule has 1 saturated heterocycles. The zero-order chi connectivity index (χ0) is 23.2. The summed E-state index contributed by atoms with van der Waals surface area (Å²) in [7, 11) is 0.